The minimum atomic E-state index is -0.154. The molecule has 2 aromatic rings. The van der Waals surface area contributed by atoms with Crippen LogP contribution in [-0.4, -0.2) is 15.1 Å². The standard InChI is InChI=1S/C11H13IN4O2/c1-5(8-6(2)16-18-7(8)3)15-10-9(12)11(17)14-4-13-10/h4-5H,1-3H3,(H2,13,14,15,17). The van der Waals surface area contributed by atoms with Crippen molar-refractivity contribution >= 4 is 28.4 Å². The van der Waals surface area contributed by atoms with Crippen molar-refractivity contribution in [2.75, 3.05) is 5.32 Å². The number of H-pyrrole nitrogens is 1. The molecular weight excluding hydrogens is 347 g/mol. The Hall–Kier alpha value is -1.38. The second-order valence-corrected chi connectivity index (χ2v) is 5.08. The van der Waals surface area contributed by atoms with Gasteiger partial charge < -0.3 is 14.8 Å². The molecule has 2 rings (SSSR count). The Balaban J connectivity index is 2.30. The summed E-state index contributed by atoms with van der Waals surface area (Å²) in [5.41, 5.74) is 1.68. The lowest BCUT2D eigenvalue weighted by Crippen LogP contribution is -2.17. The number of hydrogen-bond acceptors (Lipinski definition) is 5. The molecule has 0 saturated heterocycles. The number of aromatic amines is 1. The summed E-state index contributed by atoms with van der Waals surface area (Å²) in [4.78, 5) is 18.1. The summed E-state index contributed by atoms with van der Waals surface area (Å²) < 4.78 is 5.66. The van der Waals surface area contributed by atoms with Gasteiger partial charge in [-0.25, -0.2) is 4.98 Å². The molecule has 0 aliphatic rings. The second kappa shape index (κ2) is 5.09. The van der Waals surface area contributed by atoms with Gasteiger partial charge in [-0.1, -0.05) is 5.16 Å². The molecule has 2 aromatic heterocycles. The van der Waals surface area contributed by atoms with Gasteiger partial charge in [0.1, 0.15) is 15.1 Å². The van der Waals surface area contributed by atoms with E-state index in [0.717, 1.165) is 17.0 Å². The van der Waals surface area contributed by atoms with Crippen molar-refractivity contribution in [3.63, 3.8) is 0 Å². The number of aryl methyl sites for hydroxylation is 2. The van der Waals surface area contributed by atoms with Gasteiger partial charge in [0.15, 0.2) is 0 Å². The van der Waals surface area contributed by atoms with Crippen LogP contribution >= 0.6 is 22.6 Å². The van der Waals surface area contributed by atoms with Crippen molar-refractivity contribution in [1.29, 1.82) is 0 Å². The molecule has 6 nitrogen and oxygen atoms in total. The SMILES string of the molecule is Cc1noc(C)c1C(C)Nc1nc[nH]c(=O)c1I. The Labute approximate surface area is 117 Å². The van der Waals surface area contributed by atoms with Crippen molar-refractivity contribution in [2.45, 2.75) is 26.8 Å². The van der Waals surface area contributed by atoms with E-state index in [1.165, 1.54) is 6.33 Å². The van der Waals surface area contributed by atoms with Crippen molar-refractivity contribution in [3.8, 4) is 0 Å². The fourth-order valence-corrected chi connectivity index (χ4v) is 2.32. The summed E-state index contributed by atoms with van der Waals surface area (Å²) in [6, 6.07) is -0.0286. The number of hydrogen-bond donors (Lipinski definition) is 2. The van der Waals surface area contributed by atoms with E-state index in [4.69, 9.17) is 4.52 Å². The average molecular weight is 360 g/mol. The van der Waals surface area contributed by atoms with Gasteiger partial charge in [-0.3, -0.25) is 4.79 Å². The minimum absolute atomic E-state index is 0.0286. The summed E-state index contributed by atoms with van der Waals surface area (Å²) in [7, 11) is 0. The minimum Gasteiger partial charge on any atom is -0.362 e. The maximum absolute atomic E-state index is 11.5. The van der Waals surface area contributed by atoms with E-state index in [2.05, 4.69) is 20.4 Å². The number of rotatable bonds is 3. The molecule has 0 aliphatic carbocycles. The molecule has 0 saturated carbocycles. The van der Waals surface area contributed by atoms with Crippen molar-refractivity contribution < 1.29 is 4.52 Å². The van der Waals surface area contributed by atoms with Crippen molar-refractivity contribution in [3.05, 3.63) is 37.3 Å². The third kappa shape index (κ3) is 2.40. The van der Waals surface area contributed by atoms with Gasteiger partial charge in [-0.05, 0) is 43.4 Å². The third-order valence-electron chi connectivity index (χ3n) is 2.67. The Morgan fingerprint density at radius 2 is 2.22 bits per heavy atom. The highest BCUT2D eigenvalue weighted by Gasteiger charge is 2.18. The molecule has 18 heavy (non-hydrogen) atoms. The number of nitrogens with one attached hydrogen (secondary N) is 2. The zero-order valence-electron chi connectivity index (χ0n) is 10.2. The summed E-state index contributed by atoms with van der Waals surface area (Å²) in [5.74, 6) is 1.33. The normalized spacial score (nSPS) is 12.4. The molecule has 7 heteroatoms. The number of anilines is 1. The molecule has 0 bridgehead atoms. The van der Waals surface area contributed by atoms with Crippen molar-refractivity contribution in [2.24, 2.45) is 0 Å². The average Bonchev–Trinajstić information content (AvgIpc) is 2.65. The molecule has 0 fully saturated rings. The van der Waals surface area contributed by atoms with Crippen LogP contribution in [0.15, 0.2) is 15.6 Å². The van der Waals surface area contributed by atoms with Gasteiger partial charge in [0.25, 0.3) is 5.56 Å². The van der Waals surface area contributed by atoms with Crippen LogP contribution in [-0.2, 0) is 0 Å². The third-order valence-corrected chi connectivity index (χ3v) is 3.67. The van der Waals surface area contributed by atoms with E-state index in [-0.39, 0.29) is 11.6 Å². The van der Waals surface area contributed by atoms with Gasteiger partial charge in [0.05, 0.1) is 18.1 Å². The summed E-state index contributed by atoms with van der Waals surface area (Å²) in [6.45, 7) is 5.73. The highest BCUT2D eigenvalue weighted by atomic mass is 127. The molecule has 1 atom stereocenters. The van der Waals surface area contributed by atoms with Crippen LogP contribution in [0.1, 0.15) is 30.0 Å². The van der Waals surface area contributed by atoms with Crippen LogP contribution in [0.3, 0.4) is 0 Å². The van der Waals surface area contributed by atoms with Gasteiger partial charge >= 0.3 is 0 Å². The molecule has 96 valence electrons. The largest absolute Gasteiger partial charge is 0.362 e. The highest BCUT2D eigenvalue weighted by molar-refractivity contribution is 14.1. The maximum Gasteiger partial charge on any atom is 0.266 e. The molecule has 1 unspecified atom stereocenters. The lowest BCUT2D eigenvalue weighted by Gasteiger charge is -2.14. The fraction of sp³-hybridized carbons (Fsp3) is 0.364. The molecule has 0 aromatic carbocycles. The quantitative estimate of drug-likeness (QED) is 0.820. The molecule has 0 amide bonds. The predicted molar refractivity (Wildman–Crippen MR) is 75.6 cm³/mol. The Bertz CT molecular complexity index is 600. The van der Waals surface area contributed by atoms with E-state index in [0.29, 0.717) is 9.39 Å². The first-order valence-electron chi connectivity index (χ1n) is 5.43. The summed E-state index contributed by atoms with van der Waals surface area (Å²) in [5, 5.41) is 7.11. The van der Waals surface area contributed by atoms with Gasteiger partial charge in [0, 0.05) is 5.56 Å². The first kappa shape index (κ1) is 13.1. The molecule has 0 radical (unpaired) electrons. The van der Waals surface area contributed by atoms with E-state index in [1.54, 1.807) is 0 Å². The van der Waals surface area contributed by atoms with E-state index >= 15 is 0 Å². The van der Waals surface area contributed by atoms with Crippen LogP contribution in [0, 0.1) is 17.4 Å². The predicted octanol–water partition coefficient (Wildman–Crippen LogP) is 2.15. The fourth-order valence-electron chi connectivity index (χ4n) is 1.87. The lowest BCUT2D eigenvalue weighted by molar-refractivity contribution is 0.392. The van der Waals surface area contributed by atoms with Crippen LogP contribution < -0.4 is 10.9 Å². The van der Waals surface area contributed by atoms with Gasteiger partial charge in [-0.2, -0.15) is 0 Å². The van der Waals surface area contributed by atoms with Crippen LogP contribution in [0.5, 0.6) is 0 Å². The Morgan fingerprint density at radius 1 is 1.50 bits per heavy atom. The molecule has 2 N–H and O–H groups in total. The first-order valence-corrected chi connectivity index (χ1v) is 6.51. The first-order chi connectivity index (χ1) is 8.50. The summed E-state index contributed by atoms with van der Waals surface area (Å²) >= 11 is 1.97. The monoisotopic (exact) mass is 360 g/mol. The van der Waals surface area contributed by atoms with Crippen molar-refractivity contribution in [1.82, 2.24) is 15.1 Å². The van der Waals surface area contributed by atoms with Crippen LogP contribution in [0.25, 0.3) is 0 Å². The highest BCUT2D eigenvalue weighted by Crippen LogP contribution is 2.24. The van der Waals surface area contributed by atoms with Crippen LogP contribution in [0.4, 0.5) is 5.82 Å². The van der Waals surface area contributed by atoms with E-state index in [1.807, 2.05) is 43.4 Å². The Kier molecular flexibility index (Phi) is 3.69. The van der Waals surface area contributed by atoms with Crippen LogP contribution in [0.2, 0.25) is 0 Å². The maximum atomic E-state index is 11.5. The Morgan fingerprint density at radius 3 is 2.83 bits per heavy atom. The smallest absolute Gasteiger partial charge is 0.266 e. The number of halogens is 1. The van der Waals surface area contributed by atoms with E-state index in [9.17, 15) is 4.79 Å². The molecular formula is C11H13IN4O2. The summed E-state index contributed by atoms with van der Waals surface area (Å²) in [6.07, 6.45) is 1.38. The van der Waals surface area contributed by atoms with Gasteiger partial charge in [-0.15, -0.1) is 0 Å². The topological polar surface area (TPSA) is 83.8 Å². The number of nitrogens with zero attached hydrogens (tertiary/aromatic N) is 2. The van der Waals surface area contributed by atoms with E-state index < -0.39 is 0 Å². The zero-order valence-corrected chi connectivity index (χ0v) is 12.4. The molecule has 2 heterocycles. The molecule has 0 aliphatic heterocycles. The molecule has 0 spiro atoms. The second-order valence-electron chi connectivity index (χ2n) is 4.00. The lowest BCUT2D eigenvalue weighted by atomic mass is 10.1. The van der Waals surface area contributed by atoms with Gasteiger partial charge in [0.2, 0.25) is 0 Å². The number of aromatic nitrogens is 3. The zero-order chi connectivity index (χ0) is 13.3.